The van der Waals surface area contributed by atoms with Gasteiger partial charge in [0.1, 0.15) is 18.0 Å². The van der Waals surface area contributed by atoms with E-state index in [0.29, 0.717) is 25.4 Å². The Labute approximate surface area is 255 Å². The van der Waals surface area contributed by atoms with Gasteiger partial charge in [0, 0.05) is 6.92 Å². The lowest BCUT2D eigenvalue weighted by Gasteiger charge is -2.43. The topological polar surface area (TPSA) is 107 Å². The highest BCUT2D eigenvalue weighted by Crippen LogP contribution is 2.38. The van der Waals surface area contributed by atoms with E-state index in [1.54, 1.807) is 20.8 Å². The van der Waals surface area contributed by atoms with Crippen molar-refractivity contribution in [1.82, 2.24) is 10.2 Å². The number of amides is 2. The molecule has 1 aliphatic carbocycles. The summed E-state index contributed by atoms with van der Waals surface area (Å²) < 4.78 is 23.9. The maximum Gasteiger partial charge on any atom is 0.410 e. The lowest BCUT2D eigenvalue weighted by atomic mass is 9.90. The van der Waals surface area contributed by atoms with Gasteiger partial charge >= 0.3 is 6.09 Å². The molecule has 1 saturated heterocycles. The molecule has 236 valence electrons. The van der Waals surface area contributed by atoms with Crippen LogP contribution in [0.3, 0.4) is 0 Å². The predicted octanol–water partition coefficient (Wildman–Crippen LogP) is 5.23. The van der Waals surface area contributed by atoms with Crippen molar-refractivity contribution in [1.29, 1.82) is 0 Å². The molecule has 0 spiro atoms. The third-order valence-corrected chi connectivity index (χ3v) is 8.05. The van der Waals surface area contributed by atoms with Crippen molar-refractivity contribution < 1.29 is 33.6 Å². The van der Waals surface area contributed by atoms with E-state index in [1.807, 2.05) is 54.6 Å². The normalized spacial score (nSPS) is 21.6. The first-order valence-electron chi connectivity index (χ1n) is 15.3. The molecule has 4 atom stereocenters. The Kier molecular flexibility index (Phi) is 11.1. The van der Waals surface area contributed by atoms with Crippen molar-refractivity contribution in [3.05, 3.63) is 65.7 Å². The quantitative estimate of drug-likeness (QED) is 0.366. The van der Waals surface area contributed by atoms with Crippen molar-refractivity contribution in [2.24, 2.45) is 5.41 Å². The van der Waals surface area contributed by atoms with E-state index in [4.69, 9.17) is 18.9 Å². The van der Waals surface area contributed by atoms with Crippen LogP contribution in [0.25, 0.3) is 0 Å². The standard InChI is InChI=1S/C34H48N2O7/c1-24(37)35-28(19-26-14-11-15-27(18-26)40-21-25-12-7-6-8-13-25)31(38)29-22-41-30(42-23-34(5)16-9-10-17-34)20-36(29)32(39)43-33(2,3)4/h6-8,11-15,18,28-31,38H,9-10,16-17,19-23H2,1-5H3,(H,35,37). The molecule has 9 heteroatoms. The highest BCUT2D eigenvalue weighted by Gasteiger charge is 2.42. The molecular formula is C34H48N2O7. The Morgan fingerprint density at radius 3 is 2.47 bits per heavy atom. The molecule has 2 N–H and O–H groups in total. The Morgan fingerprint density at radius 2 is 1.79 bits per heavy atom. The number of carbonyl (C=O) groups excluding carboxylic acids is 2. The van der Waals surface area contributed by atoms with Crippen LogP contribution in [0.15, 0.2) is 54.6 Å². The van der Waals surface area contributed by atoms with Gasteiger partial charge in [0.05, 0.1) is 37.9 Å². The molecule has 2 aromatic carbocycles. The summed E-state index contributed by atoms with van der Waals surface area (Å²) in [5, 5.41) is 14.6. The Morgan fingerprint density at radius 1 is 1.09 bits per heavy atom. The summed E-state index contributed by atoms with van der Waals surface area (Å²) in [5.41, 5.74) is 1.30. The van der Waals surface area contributed by atoms with Crippen molar-refractivity contribution in [3.63, 3.8) is 0 Å². The molecule has 4 unspecified atom stereocenters. The van der Waals surface area contributed by atoms with Crippen LogP contribution in [-0.4, -0.2) is 71.8 Å². The number of nitrogens with one attached hydrogen (secondary N) is 1. The molecule has 0 radical (unpaired) electrons. The number of aliphatic hydroxyl groups excluding tert-OH is 1. The second-order valence-electron chi connectivity index (χ2n) is 13.2. The van der Waals surface area contributed by atoms with E-state index in [-0.39, 0.29) is 24.5 Å². The molecule has 43 heavy (non-hydrogen) atoms. The number of ether oxygens (including phenoxy) is 4. The van der Waals surface area contributed by atoms with E-state index >= 15 is 0 Å². The number of morpholine rings is 1. The fraction of sp³-hybridized carbons (Fsp3) is 0.588. The van der Waals surface area contributed by atoms with Crippen LogP contribution in [0.2, 0.25) is 0 Å². The average molecular weight is 597 g/mol. The molecule has 0 aromatic heterocycles. The number of hydrogen-bond donors (Lipinski definition) is 2. The maximum absolute atomic E-state index is 13.4. The van der Waals surface area contributed by atoms with Crippen LogP contribution in [0.5, 0.6) is 5.75 Å². The fourth-order valence-electron chi connectivity index (χ4n) is 5.77. The zero-order valence-corrected chi connectivity index (χ0v) is 26.2. The summed E-state index contributed by atoms with van der Waals surface area (Å²) in [4.78, 5) is 27.2. The molecule has 4 rings (SSSR count). The molecule has 2 fully saturated rings. The molecule has 2 aromatic rings. The zero-order valence-electron chi connectivity index (χ0n) is 26.2. The van der Waals surface area contributed by atoms with Crippen LogP contribution in [0, 0.1) is 5.41 Å². The van der Waals surface area contributed by atoms with Gasteiger partial charge in [0.25, 0.3) is 0 Å². The Bertz CT molecular complexity index is 1190. The third-order valence-electron chi connectivity index (χ3n) is 8.05. The fourth-order valence-corrected chi connectivity index (χ4v) is 5.77. The van der Waals surface area contributed by atoms with Gasteiger partial charge in [-0.3, -0.25) is 9.69 Å². The first kappa shape index (κ1) is 32.8. The molecule has 2 aliphatic rings. The molecule has 1 saturated carbocycles. The number of nitrogens with zero attached hydrogens (tertiary/aromatic N) is 1. The molecular weight excluding hydrogens is 548 g/mol. The van der Waals surface area contributed by atoms with E-state index in [2.05, 4.69) is 12.2 Å². The number of aliphatic hydroxyl groups is 1. The summed E-state index contributed by atoms with van der Waals surface area (Å²) in [7, 11) is 0. The van der Waals surface area contributed by atoms with Gasteiger partial charge in [0.2, 0.25) is 5.91 Å². The van der Waals surface area contributed by atoms with Crippen LogP contribution in [-0.2, 0) is 32.0 Å². The number of benzene rings is 2. The summed E-state index contributed by atoms with van der Waals surface area (Å²) >= 11 is 0. The van der Waals surface area contributed by atoms with E-state index in [9.17, 15) is 14.7 Å². The number of hydrogen-bond acceptors (Lipinski definition) is 7. The van der Waals surface area contributed by atoms with E-state index in [0.717, 1.165) is 24.0 Å². The molecule has 1 aliphatic heterocycles. The molecule has 0 bridgehead atoms. The highest BCUT2D eigenvalue weighted by atomic mass is 16.7. The van der Waals surface area contributed by atoms with Crippen molar-refractivity contribution in [2.45, 2.75) is 103 Å². The summed E-state index contributed by atoms with van der Waals surface area (Å²) in [6, 6.07) is 16.0. The summed E-state index contributed by atoms with van der Waals surface area (Å²) in [5.74, 6) is 0.400. The smallest absolute Gasteiger partial charge is 0.410 e. The molecule has 9 nitrogen and oxygen atoms in total. The molecule has 1 heterocycles. The minimum Gasteiger partial charge on any atom is -0.489 e. The third kappa shape index (κ3) is 9.95. The lowest BCUT2D eigenvalue weighted by molar-refractivity contribution is -0.212. The maximum atomic E-state index is 13.4. The SMILES string of the molecule is CC(=O)NC(Cc1cccc(OCc2ccccc2)c1)C(O)C1COC(OCC2(C)CCCC2)CN1C(=O)OC(C)(C)C. The largest absolute Gasteiger partial charge is 0.489 e. The lowest BCUT2D eigenvalue weighted by Crippen LogP contribution is -2.62. The van der Waals surface area contributed by atoms with Gasteiger partial charge in [-0.25, -0.2) is 4.79 Å². The average Bonchev–Trinajstić information content (AvgIpc) is 3.40. The van der Waals surface area contributed by atoms with Gasteiger partial charge in [-0.2, -0.15) is 0 Å². The summed E-state index contributed by atoms with van der Waals surface area (Å²) in [6.07, 6.45) is 2.58. The van der Waals surface area contributed by atoms with Crippen LogP contribution >= 0.6 is 0 Å². The van der Waals surface area contributed by atoms with Gasteiger partial charge in [-0.1, -0.05) is 62.2 Å². The number of rotatable bonds is 11. The monoisotopic (exact) mass is 596 g/mol. The van der Waals surface area contributed by atoms with Gasteiger partial charge in [-0.15, -0.1) is 0 Å². The summed E-state index contributed by atoms with van der Waals surface area (Å²) in [6.45, 7) is 10.2. The highest BCUT2D eigenvalue weighted by molar-refractivity contribution is 5.73. The minimum atomic E-state index is -1.14. The van der Waals surface area contributed by atoms with Crippen LogP contribution in [0.1, 0.15) is 71.4 Å². The second kappa shape index (κ2) is 14.6. The van der Waals surface area contributed by atoms with Crippen molar-refractivity contribution in [3.8, 4) is 5.75 Å². The second-order valence-corrected chi connectivity index (χ2v) is 13.2. The van der Waals surface area contributed by atoms with Gasteiger partial charge < -0.3 is 29.4 Å². The van der Waals surface area contributed by atoms with E-state index in [1.165, 1.54) is 24.7 Å². The van der Waals surface area contributed by atoms with Crippen LogP contribution < -0.4 is 10.1 Å². The first-order chi connectivity index (χ1) is 20.4. The van der Waals surface area contributed by atoms with Crippen LogP contribution in [0.4, 0.5) is 4.79 Å². The minimum absolute atomic E-state index is 0.0398. The Hall–Kier alpha value is -3.14. The Balaban J connectivity index is 1.47. The van der Waals surface area contributed by atoms with Gasteiger partial charge in [-0.05, 0) is 68.7 Å². The van der Waals surface area contributed by atoms with Crippen molar-refractivity contribution in [2.75, 3.05) is 19.8 Å². The van der Waals surface area contributed by atoms with Gasteiger partial charge in [0.15, 0.2) is 6.29 Å². The number of carbonyl (C=O) groups is 2. The molecule has 2 amide bonds. The van der Waals surface area contributed by atoms with E-state index < -0.39 is 36.2 Å². The predicted molar refractivity (Wildman–Crippen MR) is 164 cm³/mol. The first-order valence-corrected chi connectivity index (χ1v) is 15.3. The zero-order chi connectivity index (χ0) is 31.0. The van der Waals surface area contributed by atoms with Crippen molar-refractivity contribution >= 4 is 12.0 Å².